The van der Waals surface area contributed by atoms with Crippen LogP contribution in [0.4, 0.5) is 18.0 Å². The van der Waals surface area contributed by atoms with Crippen LogP contribution < -0.4 is 0 Å². The number of hydrogen-bond donors (Lipinski definition) is 0. The first-order valence-corrected chi connectivity index (χ1v) is 8.95. The van der Waals surface area contributed by atoms with Gasteiger partial charge in [-0.15, -0.1) is 0 Å². The van der Waals surface area contributed by atoms with Crippen LogP contribution in [0.15, 0.2) is 24.3 Å². The van der Waals surface area contributed by atoms with E-state index in [-0.39, 0.29) is 18.2 Å². The summed E-state index contributed by atoms with van der Waals surface area (Å²) in [5.74, 6) is -0.891. The van der Waals surface area contributed by atoms with Gasteiger partial charge in [0, 0.05) is 6.04 Å². The van der Waals surface area contributed by atoms with E-state index in [1.165, 1.54) is 12.1 Å². The van der Waals surface area contributed by atoms with Crippen molar-refractivity contribution in [2.24, 2.45) is 0 Å². The van der Waals surface area contributed by atoms with Crippen molar-refractivity contribution in [3.05, 3.63) is 41.2 Å². The average Bonchev–Trinajstić information content (AvgIpc) is 2.51. The van der Waals surface area contributed by atoms with Crippen molar-refractivity contribution in [1.82, 2.24) is 4.90 Å². The molecule has 2 bridgehead atoms. The molecule has 2 aliphatic heterocycles. The summed E-state index contributed by atoms with van der Waals surface area (Å²) < 4.78 is 45.0. The maximum Gasteiger partial charge on any atom is 0.411 e. The maximum atomic E-state index is 13.9. The van der Waals surface area contributed by atoms with Gasteiger partial charge >= 0.3 is 6.09 Å². The number of benzene rings is 1. The van der Waals surface area contributed by atoms with Crippen LogP contribution in [0.25, 0.3) is 5.57 Å². The molecular formula is C20H24F3NO2. The molecule has 2 aliphatic rings. The number of nitrogens with zero attached hydrogens (tertiary/aromatic N) is 1. The lowest BCUT2D eigenvalue weighted by atomic mass is 9.83. The molecule has 0 saturated carbocycles. The quantitative estimate of drug-likeness (QED) is 0.670. The number of ether oxygens (including phenoxy) is 1. The number of alkyl halides is 2. The van der Waals surface area contributed by atoms with E-state index >= 15 is 0 Å². The Labute approximate surface area is 151 Å². The highest BCUT2D eigenvalue weighted by Gasteiger charge is 2.39. The summed E-state index contributed by atoms with van der Waals surface area (Å²) in [7, 11) is 0. The average molecular weight is 367 g/mol. The predicted molar refractivity (Wildman–Crippen MR) is 93.5 cm³/mol. The van der Waals surface area contributed by atoms with E-state index in [1.54, 1.807) is 4.90 Å². The number of rotatable bonds is 2. The van der Waals surface area contributed by atoms with Gasteiger partial charge in [-0.3, -0.25) is 4.90 Å². The summed E-state index contributed by atoms with van der Waals surface area (Å²) in [6, 6.07) is 3.74. The lowest BCUT2D eigenvalue weighted by Gasteiger charge is -2.45. The number of amides is 1. The van der Waals surface area contributed by atoms with Gasteiger partial charge < -0.3 is 4.74 Å². The fraction of sp³-hybridized carbons (Fsp3) is 0.550. The van der Waals surface area contributed by atoms with E-state index in [4.69, 9.17) is 4.74 Å². The van der Waals surface area contributed by atoms with Crippen LogP contribution in [-0.2, 0) is 4.74 Å². The monoisotopic (exact) mass is 367 g/mol. The Morgan fingerprint density at radius 3 is 2.58 bits per heavy atom. The molecule has 1 amide bonds. The van der Waals surface area contributed by atoms with Gasteiger partial charge in [-0.25, -0.2) is 18.0 Å². The minimum atomic E-state index is -2.83. The zero-order chi connectivity index (χ0) is 19.1. The summed E-state index contributed by atoms with van der Waals surface area (Å²) in [6.45, 7) is 5.50. The van der Waals surface area contributed by atoms with Gasteiger partial charge in [-0.1, -0.05) is 12.1 Å². The smallest absolute Gasteiger partial charge is 0.411 e. The van der Waals surface area contributed by atoms with E-state index in [2.05, 4.69) is 0 Å². The molecule has 6 heteroatoms. The molecule has 1 aromatic carbocycles. The van der Waals surface area contributed by atoms with Gasteiger partial charge in [0.05, 0.1) is 11.6 Å². The van der Waals surface area contributed by atoms with Crippen molar-refractivity contribution in [2.45, 2.75) is 70.6 Å². The Morgan fingerprint density at radius 2 is 2.00 bits per heavy atom. The first-order chi connectivity index (χ1) is 12.2. The van der Waals surface area contributed by atoms with E-state index in [1.807, 2.05) is 26.8 Å². The maximum absolute atomic E-state index is 13.9. The standard InChI is InChI=1S/C20H24F3NO2/c1-20(2,3)26-19(25)24-14-5-4-6-15(24)10-13(9-14)12-7-8-16(18(22)23)17(21)11-12/h7-9,11,14-15,18H,4-6,10H2,1-3H3. The highest BCUT2D eigenvalue weighted by molar-refractivity contribution is 5.75. The molecule has 0 radical (unpaired) electrons. The van der Waals surface area contributed by atoms with Crippen molar-refractivity contribution in [2.75, 3.05) is 0 Å². The zero-order valence-corrected chi connectivity index (χ0v) is 15.3. The molecule has 0 N–H and O–H groups in total. The van der Waals surface area contributed by atoms with E-state index < -0.39 is 23.4 Å². The Morgan fingerprint density at radius 1 is 1.27 bits per heavy atom. The molecule has 0 aromatic heterocycles. The molecule has 1 fully saturated rings. The molecule has 0 aliphatic carbocycles. The van der Waals surface area contributed by atoms with Gasteiger partial charge in [0.25, 0.3) is 6.43 Å². The number of piperidine rings is 1. The number of hydrogen-bond acceptors (Lipinski definition) is 2. The highest BCUT2D eigenvalue weighted by atomic mass is 19.3. The van der Waals surface area contributed by atoms with Crippen molar-refractivity contribution >= 4 is 11.7 Å². The molecule has 2 atom stereocenters. The molecule has 1 saturated heterocycles. The zero-order valence-electron chi connectivity index (χ0n) is 15.3. The first-order valence-electron chi connectivity index (χ1n) is 8.95. The van der Waals surface area contributed by atoms with Crippen LogP contribution in [0.2, 0.25) is 0 Å². The van der Waals surface area contributed by atoms with Crippen LogP contribution in [0.5, 0.6) is 0 Å². The molecule has 142 valence electrons. The second-order valence-electron chi connectivity index (χ2n) is 7.97. The van der Waals surface area contributed by atoms with E-state index in [9.17, 15) is 18.0 Å². The minimum absolute atomic E-state index is 0.0126. The minimum Gasteiger partial charge on any atom is -0.444 e. The lowest BCUT2D eigenvalue weighted by Crippen LogP contribution is -2.53. The largest absolute Gasteiger partial charge is 0.444 e. The van der Waals surface area contributed by atoms with E-state index in [0.29, 0.717) is 12.0 Å². The summed E-state index contributed by atoms with van der Waals surface area (Å²) in [5.41, 5.74) is 0.358. The van der Waals surface area contributed by atoms with Gasteiger partial charge in [0.1, 0.15) is 11.4 Å². The molecule has 2 heterocycles. The Bertz CT molecular complexity index is 724. The summed E-state index contributed by atoms with van der Waals surface area (Å²) in [4.78, 5) is 14.4. The molecule has 0 spiro atoms. The topological polar surface area (TPSA) is 29.5 Å². The third-order valence-corrected chi connectivity index (χ3v) is 4.85. The number of fused-ring (bicyclic) bond motifs is 2. The van der Waals surface area contributed by atoms with E-state index in [0.717, 1.165) is 30.9 Å². The number of carbonyl (C=O) groups is 1. The predicted octanol–water partition coefficient (Wildman–Crippen LogP) is 5.71. The first kappa shape index (κ1) is 18.8. The van der Waals surface area contributed by atoms with Crippen LogP contribution in [-0.4, -0.2) is 28.7 Å². The van der Waals surface area contributed by atoms with Crippen LogP contribution in [0.3, 0.4) is 0 Å². The second-order valence-corrected chi connectivity index (χ2v) is 7.97. The van der Waals surface area contributed by atoms with Crippen LogP contribution >= 0.6 is 0 Å². The van der Waals surface area contributed by atoms with Gasteiger partial charge in [0.2, 0.25) is 0 Å². The van der Waals surface area contributed by atoms with Crippen molar-refractivity contribution < 1.29 is 22.7 Å². The molecule has 3 rings (SSSR count). The second kappa shape index (κ2) is 6.97. The van der Waals surface area contributed by atoms with Crippen LogP contribution in [0, 0.1) is 5.82 Å². The van der Waals surface area contributed by atoms with Crippen molar-refractivity contribution in [1.29, 1.82) is 0 Å². The van der Waals surface area contributed by atoms with Gasteiger partial charge in [0.15, 0.2) is 0 Å². The fourth-order valence-electron chi connectivity index (χ4n) is 3.75. The van der Waals surface area contributed by atoms with Crippen LogP contribution in [0.1, 0.15) is 64.0 Å². The van der Waals surface area contributed by atoms with Gasteiger partial charge in [-0.2, -0.15) is 0 Å². The summed E-state index contributed by atoms with van der Waals surface area (Å²) in [6.07, 6.45) is 2.05. The molecule has 1 aromatic rings. The molecule has 26 heavy (non-hydrogen) atoms. The van der Waals surface area contributed by atoms with Crippen molar-refractivity contribution in [3.8, 4) is 0 Å². The third kappa shape index (κ3) is 3.89. The fourth-order valence-corrected chi connectivity index (χ4v) is 3.75. The lowest BCUT2D eigenvalue weighted by molar-refractivity contribution is 0.0000752. The number of halogens is 3. The Hall–Kier alpha value is -1.98. The summed E-state index contributed by atoms with van der Waals surface area (Å²) >= 11 is 0. The molecule has 3 nitrogen and oxygen atoms in total. The normalized spacial score (nSPS) is 23.0. The highest BCUT2D eigenvalue weighted by Crippen LogP contribution is 2.38. The third-order valence-electron chi connectivity index (χ3n) is 4.85. The van der Waals surface area contributed by atoms with Gasteiger partial charge in [-0.05, 0) is 69.7 Å². The Balaban J connectivity index is 1.86. The summed E-state index contributed by atoms with van der Waals surface area (Å²) in [5, 5.41) is 0. The SMILES string of the molecule is CC(C)(C)OC(=O)N1C2C=C(c3ccc(C(F)F)c(F)c3)CC1CCC2. The Kier molecular flexibility index (Phi) is 5.04. The van der Waals surface area contributed by atoms with Crippen molar-refractivity contribution in [3.63, 3.8) is 0 Å². The molecule has 2 unspecified atom stereocenters. The number of carbonyl (C=O) groups excluding carboxylic acids is 1. The molecular weight excluding hydrogens is 343 g/mol.